The van der Waals surface area contributed by atoms with Gasteiger partial charge in [0, 0.05) is 6.04 Å². The standard InChI is InChI=1S/C14H21NO/c1-16-13-9-7-12(8-10-13)14(15)11-5-3-2-4-6-11/h7-11,14H,2-6,15H2,1H3. The molecule has 2 nitrogen and oxygen atoms in total. The summed E-state index contributed by atoms with van der Waals surface area (Å²) in [5.74, 6) is 1.57. The third-order valence-electron chi connectivity index (χ3n) is 3.66. The van der Waals surface area contributed by atoms with Crippen LogP contribution in [0.15, 0.2) is 24.3 Å². The van der Waals surface area contributed by atoms with Crippen molar-refractivity contribution >= 4 is 0 Å². The van der Waals surface area contributed by atoms with E-state index < -0.39 is 0 Å². The van der Waals surface area contributed by atoms with Crippen LogP contribution >= 0.6 is 0 Å². The van der Waals surface area contributed by atoms with Crippen LogP contribution in [0.2, 0.25) is 0 Å². The zero-order valence-electron chi connectivity index (χ0n) is 9.99. The van der Waals surface area contributed by atoms with Gasteiger partial charge in [-0.05, 0) is 36.5 Å². The van der Waals surface area contributed by atoms with Crippen LogP contribution in [-0.4, -0.2) is 7.11 Å². The number of ether oxygens (including phenoxy) is 1. The summed E-state index contributed by atoms with van der Waals surface area (Å²) in [5.41, 5.74) is 7.56. The predicted octanol–water partition coefficient (Wildman–Crippen LogP) is 3.28. The molecule has 0 spiro atoms. The maximum Gasteiger partial charge on any atom is 0.118 e. The van der Waals surface area contributed by atoms with Crippen molar-refractivity contribution in [1.29, 1.82) is 0 Å². The van der Waals surface area contributed by atoms with Crippen molar-refractivity contribution in [3.63, 3.8) is 0 Å². The van der Waals surface area contributed by atoms with E-state index in [4.69, 9.17) is 10.5 Å². The topological polar surface area (TPSA) is 35.2 Å². The molecule has 0 amide bonds. The first-order valence-electron chi connectivity index (χ1n) is 6.21. The molecular formula is C14H21NO. The minimum atomic E-state index is 0.200. The molecule has 1 aromatic carbocycles. The maximum absolute atomic E-state index is 6.32. The van der Waals surface area contributed by atoms with Gasteiger partial charge in [-0.1, -0.05) is 31.4 Å². The molecule has 1 saturated carbocycles. The lowest BCUT2D eigenvalue weighted by molar-refractivity contribution is 0.308. The Hall–Kier alpha value is -1.02. The molecule has 0 radical (unpaired) electrons. The normalized spacial score (nSPS) is 19.4. The van der Waals surface area contributed by atoms with E-state index in [0.29, 0.717) is 5.92 Å². The number of methoxy groups -OCH3 is 1. The Balaban J connectivity index is 2.04. The summed E-state index contributed by atoms with van der Waals surface area (Å²) in [4.78, 5) is 0. The lowest BCUT2D eigenvalue weighted by atomic mass is 9.81. The molecule has 0 heterocycles. The van der Waals surface area contributed by atoms with Crippen LogP contribution in [-0.2, 0) is 0 Å². The van der Waals surface area contributed by atoms with Gasteiger partial charge >= 0.3 is 0 Å². The molecule has 1 aliphatic carbocycles. The summed E-state index contributed by atoms with van der Waals surface area (Å²) in [6.45, 7) is 0. The first-order valence-corrected chi connectivity index (χ1v) is 6.21. The summed E-state index contributed by atoms with van der Waals surface area (Å²) in [7, 11) is 1.69. The molecule has 16 heavy (non-hydrogen) atoms. The molecule has 1 fully saturated rings. The Bertz CT molecular complexity index is 314. The van der Waals surface area contributed by atoms with Crippen molar-refractivity contribution in [2.45, 2.75) is 38.1 Å². The summed E-state index contributed by atoms with van der Waals surface area (Å²) in [6.07, 6.45) is 6.63. The Labute approximate surface area is 97.8 Å². The van der Waals surface area contributed by atoms with Gasteiger partial charge in [-0.25, -0.2) is 0 Å². The quantitative estimate of drug-likeness (QED) is 0.846. The van der Waals surface area contributed by atoms with Gasteiger partial charge in [0.25, 0.3) is 0 Å². The average molecular weight is 219 g/mol. The Kier molecular flexibility index (Phi) is 3.83. The second-order valence-corrected chi connectivity index (χ2v) is 4.70. The second-order valence-electron chi connectivity index (χ2n) is 4.70. The van der Waals surface area contributed by atoms with E-state index in [1.165, 1.54) is 37.7 Å². The minimum Gasteiger partial charge on any atom is -0.497 e. The van der Waals surface area contributed by atoms with Crippen molar-refractivity contribution in [1.82, 2.24) is 0 Å². The monoisotopic (exact) mass is 219 g/mol. The summed E-state index contributed by atoms with van der Waals surface area (Å²) >= 11 is 0. The molecule has 1 atom stereocenters. The average Bonchev–Trinajstić information content (AvgIpc) is 2.39. The first-order chi connectivity index (χ1) is 7.81. The van der Waals surface area contributed by atoms with Crippen molar-refractivity contribution in [2.75, 3.05) is 7.11 Å². The first kappa shape index (κ1) is 11.5. The molecule has 1 aliphatic rings. The largest absolute Gasteiger partial charge is 0.497 e. The Morgan fingerprint density at radius 2 is 1.75 bits per heavy atom. The van der Waals surface area contributed by atoms with Crippen LogP contribution in [0.5, 0.6) is 5.75 Å². The lowest BCUT2D eigenvalue weighted by Crippen LogP contribution is -2.23. The van der Waals surface area contributed by atoms with Gasteiger partial charge in [0.2, 0.25) is 0 Å². The van der Waals surface area contributed by atoms with Gasteiger partial charge < -0.3 is 10.5 Å². The molecular weight excluding hydrogens is 198 g/mol. The van der Waals surface area contributed by atoms with Gasteiger partial charge in [-0.3, -0.25) is 0 Å². The molecule has 1 unspecified atom stereocenters. The number of hydrogen-bond donors (Lipinski definition) is 1. The SMILES string of the molecule is COc1ccc(C(N)C2CCCCC2)cc1. The smallest absolute Gasteiger partial charge is 0.118 e. The number of benzene rings is 1. The lowest BCUT2D eigenvalue weighted by Gasteiger charge is -2.27. The van der Waals surface area contributed by atoms with Gasteiger partial charge in [-0.15, -0.1) is 0 Å². The highest BCUT2D eigenvalue weighted by Crippen LogP contribution is 2.33. The summed E-state index contributed by atoms with van der Waals surface area (Å²) < 4.78 is 5.15. The molecule has 0 aliphatic heterocycles. The molecule has 2 N–H and O–H groups in total. The maximum atomic E-state index is 6.32. The second kappa shape index (κ2) is 5.35. The fourth-order valence-corrected chi connectivity index (χ4v) is 2.59. The van der Waals surface area contributed by atoms with E-state index >= 15 is 0 Å². The number of hydrogen-bond acceptors (Lipinski definition) is 2. The molecule has 88 valence electrons. The zero-order valence-corrected chi connectivity index (χ0v) is 9.99. The van der Waals surface area contributed by atoms with E-state index in [2.05, 4.69) is 12.1 Å². The molecule has 2 heteroatoms. The number of rotatable bonds is 3. The minimum absolute atomic E-state index is 0.200. The molecule has 0 aromatic heterocycles. The Morgan fingerprint density at radius 3 is 2.31 bits per heavy atom. The Morgan fingerprint density at radius 1 is 1.12 bits per heavy atom. The van der Waals surface area contributed by atoms with Gasteiger partial charge in [-0.2, -0.15) is 0 Å². The van der Waals surface area contributed by atoms with E-state index in [9.17, 15) is 0 Å². The molecule has 2 rings (SSSR count). The van der Waals surface area contributed by atoms with E-state index in [0.717, 1.165) is 5.75 Å². The van der Waals surface area contributed by atoms with Crippen molar-refractivity contribution < 1.29 is 4.74 Å². The van der Waals surface area contributed by atoms with Crippen molar-refractivity contribution in [3.8, 4) is 5.75 Å². The van der Waals surface area contributed by atoms with Crippen LogP contribution in [0.1, 0.15) is 43.7 Å². The van der Waals surface area contributed by atoms with Gasteiger partial charge in [0.1, 0.15) is 5.75 Å². The molecule has 1 aromatic rings. The highest BCUT2D eigenvalue weighted by atomic mass is 16.5. The van der Waals surface area contributed by atoms with Crippen molar-refractivity contribution in [2.24, 2.45) is 11.7 Å². The fourth-order valence-electron chi connectivity index (χ4n) is 2.59. The molecule has 0 saturated heterocycles. The highest BCUT2D eigenvalue weighted by molar-refractivity contribution is 5.29. The summed E-state index contributed by atoms with van der Waals surface area (Å²) in [6, 6.07) is 8.39. The van der Waals surface area contributed by atoms with Gasteiger partial charge in [0.05, 0.1) is 7.11 Å². The van der Waals surface area contributed by atoms with E-state index in [-0.39, 0.29) is 6.04 Å². The van der Waals surface area contributed by atoms with Crippen LogP contribution in [0, 0.1) is 5.92 Å². The number of nitrogens with two attached hydrogens (primary N) is 1. The van der Waals surface area contributed by atoms with Crippen molar-refractivity contribution in [3.05, 3.63) is 29.8 Å². The summed E-state index contributed by atoms with van der Waals surface area (Å²) in [5, 5.41) is 0. The van der Waals surface area contributed by atoms with E-state index in [1.54, 1.807) is 7.11 Å². The van der Waals surface area contributed by atoms with Crippen LogP contribution in [0.3, 0.4) is 0 Å². The molecule has 0 bridgehead atoms. The van der Waals surface area contributed by atoms with E-state index in [1.807, 2.05) is 12.1 Å². The third kappa shape index (κ3) is 2.56. The highest BCUT2D eigenvalue weighted by Gasteiger charge is 2.21. The van der Waals surface area contributed by atoms with Gasteiger partial charge in [0.15, 0.2) is 0 Å². The zero-order chi connectivity index (χ0) is 11.4. The fraction of sp³-hybridized carbons (Fsp3) is 0.571. The van der Waals surface area contributed by atoms with Crippen LogP contribution in [0.4, 0.5) is 0 Å². The van der Waals surface area contributed by atoms with Crippen LogP contribution < -0.4 is 10.5 Å². The predicted molar refractivity (Wildman–Crippen MR) is 66.5 cm³/mol. The third-order valence-corrected chi connectivity index (χ3v) is 3.66. The van der Waals surface area contributed by atoms with Crippen LogP contribution in [0.25, 0.3) is 0 Å².